The van der Waals surface area contributed by atoms with Gasteiger partial charge < -0.3 is 14.2 Å². The van der Waals surface area contributed by atoms with Crippen molar-refractivity contribution in [2.75, 3.05) is 13.2 Å². The quantitative estimate of drug-likeness (QED) is 0.0199. The molecule has 6 heteroatoms. The molecule has 0 fully saturated rings. The van der Waals surface area contributed by atoms with Gasteiger partial charge in [0.05, 0.1) is 0 Å². The molecule has 0 aromatic rings. The van der Waals surface area contributed by atoms with Crippen LogP contribution in [0.25, 0.3) is 0 Å². The van der Waals surface area contributed by atoms with Crippen LogP contribution in [0.5, 0.6) is 0 Å². The number of esters is 3. The minimum absolute atomic E-state index is 0.111. The second-order valence-electron chi connectivity index (χ2n) is 16.8. The van der Waals surface area contributed by atoms with Crippen LogP contribution >= 0.6 is 0 Å². The van der Waals surface area contributed by atoms with Crippen LogP contribution in [0.2, 0.25) is 0 Å². The first kappa shape index (κ1) is 59.3. The molecule has 0 aliphatic carbocycles. The third kappa shape index (κ3) is 49.2. The lowest BCUT2D eigenvalue weighted by atomic mass is 10.1. The molecule has 0 rings (SSSR count). The van der Waals surface area contributed by atoms with Crippen molar-refractivity contribution < 1.29 is 28.6 Å². The standard InChI is InChI=1S/C57H94O6/c1-4-7-10-13-16-19-22-25-27-28-29-30-33-35-38-41-44-47-50-56(59)62-53-54(52-61-55(58)49-46-43-40-37-34-31-24-21-18-15-12-9-6-3)63-57(60)51-48-45-42-39-36-32-26-23-20-17-14-11-8-5-2/h8,11,16-17,19-20,22,25,27-31,34,40,43,54H,4-7,9-10,12-15,18,21,23-24,26,32-33,35-39,41-42,44-53H2,1-3H3/b11-8-,19-16-,20-17-,25-22-,28-27-,30-29-,34-31-,43-40-. The first-order valence-corrected chi connectivity index (χ1v) is 25.8. The number of carbonyl (C=O) groups is 3. The smallest absolute Gasteiger partial charge is 0.306 e. The summed E-state index contributed by atoms with van der Waals surface area (Å²) in [4.78, 5) is 37.9. The Labute approximate surface area is 387 Å². The van der Waals surface area contributed by atoms with Gasteiger partial charge in [0, 0.05) is 19.3 Å². The van der Waals surface area contributed by atoms with Gasteiger partial charge in [-0.05, 0) is 89.9 Å². The average Bonchev–Trinajstić information content (AvgIpc) is 3.28. The van der Waals surface area contributed by atoms with Crippen LogP contribution in [0, 0.1) is 0 Å². The zero-order valence-electron chi connectivity index (χ0n) is 40.8. The molecule has 1 atom stereocenters. The lowest BCUT2D eigenvalue weighted by Gasteiger charge is -2.18. The maximum atomic E-state index is 12.8. The minimum Gasteiger partial charge on any atom is -0.462 e. The molecule has 0 amide bonds. The van der Waals surface area contributed by atoms with Gasteiger partial charge in [0.15, 0.2) is 6.10 Å². The number of hydrogen-bond acceptors (Lipinski definition) is 6. The van der Waals surface area contributed by atoms with Crippen molar-refractivity contribution in [2.24, 2.45) is 0 Å². The minimum atomic E-state index is -0.814. The van der Waals surface area contributed by atoms with E-state index in [-0.39, 0.29) is 37.5 Å². The summed E-state index contributed by atoms with van der Waals surface area (Å²) in [7, 11) is 0. The van der Waals surface area contributed by atoms with Crippen molar-refractivity contribution in [3.05, 3.63) is 97.2 Å². The van der Waals surface area contributed by atoms with E-state index < -0.39 is 6.10 Å². The first-order chi connectivity index (χ1) is 31.0. The van der Waals surface area contributed by atoms with Crippen LogP contribution in [-0.4, -0.2) is 37.2 Å². The zero-order valence-corrected chi connectivity index (χ0v) is 40.8. The van der Waals surface area contributed by atoms with Crippen LogP contribution in [-0.2, 0) is 28.6 Å². The van der Waals surface area contributed by atoms with E-state index in [0.717, 1.165) is 96.3 Å². The summed E-state index contributed by atoms with van der Waals surface area (Å²) in [6, 6.07) is 0. The number of unbranched alkanes of at least 4 members (excludes halogenated alkanes) is 21. The second-order valence-corrected chi connectivity index (χ2v) is 16.8. The predicted molar refractivity (Wildman–Crippen MR) is 270 cm³/mol. The highest BCUT2D eigenvalue weighted by Gasteiger charge is 2.19. The van der Waals surface area contributed by atoms with Crippen molar-refractivity contribution in [3.63, 3.8) is 0 Å². The van der Waals surface area contributed by atoms with Crippen LogP contribution < -0.4 is 0 Å². The maximum absolute atomic E-state index is 12.8. The van der Waals surface area contributed by atoms with E-state index in [4.69, 9.17) is 14.2 Å². The molecular weight excluding hydrogens is 781 g/mol. The fraction of sp³-hybridized carbons (Fsp3) is 0.667. The topological polar surface area (TPSA) is 78.9 Å². The van der Waals surface area contributed by atoms with Gasteiger partial charge in [-0.1, -0.05) is 214 Å². The highest BCUT2D eigenvalue weighted by atomic mass is 16.6. The predicted octanol–water partition coefficient (Wildman–Crippen LogP) is 17.0. The molecule has 0 saturated carbocycles. The van der Waals surface area contributed by atoms with Crippen LogP contribution in [0.1, 0.15) is 226 Å². The molecule has 0 heterocycles. The molecule has 1 unspecified atom stereocenters. The van der Waals surface area contributed by atoms with Crippen LogP contribution in [0.4, 0.5) is 0 Å². The molecule has 0 spiro atoms. The molecular formula is C57H94O6. The number of allylic oxidation sites excluding steroid dienone is 16. The van der Waals surface area contributed by atoms with E-state index >= 15 is 0 Å². The summed E-state index contributed by atoms with van der Waals surface area (Å²) >= 11 is 0. The van der Waals surface area contributed by atoms with Crippen molar-refractivity contribution in [1.82, 2.24) is 0 Å². The second kappa shape index (κ2) is 51.0. The van der Waals surface area contributed by atoms with E-state index in [2.05, 4.69) is 112 Å². The Morgan fingerprint density at radius 3 is 1.22 bits per heavy atom. The van der Waals surface area contributed by atoms with Gasteiger partial charge in [-0.25, -0.2) is 0 Å². The molecule has 358 valence electrons. The largest absolute Gasteiger partial charge is 0.462 e. The average molecular weight is 875 g/mol. The van der Waals surface area contributed by atoms with E-state index in [1.165, 1.54) is 83.5 Å². The number of ether oxygens (including phenoxy) is 3. The highest BCUT2D eigenvalue weighted by Crippen LogP contribution is 2.13. The summed E-state index contributed by atoms with van der Waals surface area (Å²) in [6.45, 7) is 6.40. The van der Waals surface area contributed by atoms with E-state index in [1.54, 1.807) is 0 Å². The van der Waals surface area contributed by atoms with E-state index in [9.17, 15) is 14.4 Å². The molecule has 0 aromatic heterocycles. The summed E-state index contributed by atoms with van der Waals surface area (Å²) in [6.07, 6.45) is 66.8. The lowest BCUT2D eigenvalue weighted by molar-refractivity contribution is -0.166. The van der Waals surface area contributed by atoms with Gasteiger partial charge in [-0.15, -0.1) is 0 Å². The Bertz CT molecular complexity index is 1280. The van der Waals surface area contributed by atoms with E-state index in [0.29, 0.717) is 19.3 Å². The van der Waals surface area contributed by atoms with Gasteiger partial charge in [-0.2, -0.15) is 0 Å². The van der Waals surface area contributed by atoms with Gasteiger partial charge >= 0.3 is 17.9 Å². The van der Waals surface area contributed by atoms with Crippen molar-refractivity contribution in [3.8, 4) is 0 Å². The number of rotatable bonds is 45. The van der Waals surface area contributed by atoms with Gasteiger partial charge in [0.1, 0.15) is 13.2 Å². The molecule has 0 aliphatic rings. The van der Waals surface area contributed by atoms with Crippen LogP contribution in [0.15, 0.2) is 97.2 Å². The number of hydrogen-bond donors (Lipinski definition) is 0. The van der Waals surface area contributed by atoms with Crippen molar-refractivity contribution in [2.45, 2.75) is 232 Å². The summed E-state index contributed by atoms with van der Waals surface area (Å²) < 4.78 is 16.7. The SMILES string of the molecule is CC/C=C\C/C=C\CCCCCCCCCC(=O)OC(COC(=O)CC/C=C\C/C=C\CCCCCCCC)COC(=O)CCCCCCC\C=C/C=C\C=C/C=C\CCCCC. The lowest BCUT2D eigenvalue weighted by Crippen LogP contribution is -2.30. The molecule has 0 N–H and O–H groups in total. The summed E-state index contributed by atoms with van der Waals surface area (Å²) in [5.41, 5.74) is 0. The summed E-state index contributed by atoms with van der Waals surface area (Å²) in [5.74, 6) is -1.01. The van der Waals surface area contributed by atoms with Crippen LogP contribution in [0.3, 0.4) is 0 Å². The zero-order chi connectivity index (χ0) is 45.8. The Balaban J connectivity index is 4.51. The molecule has 0 aliphatic heterocycles. The van der Waals surface area contributed by atoms with Gasteiger partial charge in [0.2, 0.25) is 0 Å². The monoisotopic (exact) mass is 875 g/mol. The fourth-order valence-electron chi connectivity index (χ4n) is 6.78. The molecule has 6 nitrogen and oxygen atoms in total. The highest BCUT2D eigenvalue weighted by molar-refractivity contribution is 5.71. The van der Waals surface area contributed by atoms with Crippen molar-refractivity contribution in [1.29, 1.82) is 0 Å². The first-order valence-electron chi connectivity index (χ1n) is 25.8. The maximum Gasteiger partial charge on any atom is 0.306 e. The Kier molecular flexibility index (Phi) is 48.0. The Morgan fingerprint density at radius 1 is 0.349 bits per heavy atom. The molecule has 0 bridgehead atoms. The molecule has 0 radical (unpaired) electrons. The normalized spacial score (nSPS) is 12.9. The fourth-order valence-corrected chi connectivity index (χ4v) is 6.78. The Morgan fingerprint density at radius 2 is 0.714 bits per heavy atom. The molecule has 0 aromatic carbocycles. The number of carbonyl (C=O) groups excluding carboxylic acids is 3. The van der Waals surface area contributed by atoms with Gasteiger partial charge in [-0.3, -0.25) is 14.4 Å². The van der Waals surface area contributed by atoms with Gasteiger partial charge in [0.25, 0.3) is 0 Å². The third-order valence-electron chi connectivity index (χ3n) is 10.7. The van der Waals surface area contributed by atoms with E-state index in [1.807, 2.05) is 6.08 Å². The Hall–Kier alpha value is -3.67. The molecule has 63 heavy (non-hydrogen) atoms. The third-order valence-corrected chi connectivity index (χ3v) is 10.7. The summed E-state index contributed by atoms with van der Waals surface area (Å²) in [5, 5.41) is 0. The molecule has 0 saturated heterocycles. The van der Waals surface area contributed by atoms with Crippen molar-refractivity contribution >= 4 is 17.9 Å².